The number of carboxylic acid groups (broad SMARTS) is 1. The number of aliphatic carboxylic acids is 1. The van der Waals surface area contributed by atoms with Crippen LogP contribution in [0.2, 0.25) is 0 Å². The fourth-order valence-electron chi connectivity index (χ4n) is 1.24. The summed E-state index contributed by atoms with van der Waals surface area (Å²) in [5.41, 5.74) is 0. The molecule has 0 radical (unpaired) electrons. The molecule has 0 saturated heterocycles. The molecule has 64 valence electrons. The molecule has 11 heavy (non-hydrogen) atoms. The highest BCUT2D eigenvalue weighted by atomic mass is 32.2. The Hall–Kier alpha value is -0.180. The van der Waals surface area contributed by atoms with Gasteiger partial charge in [-0.05, 0) is 24.5 Å². The van der Waals surface area contributed by atoms with E-state index in [4.69, 9.17) is 5.11 Å². The van der Waals surface area contributed by atoms with Crippen LogP contribution in [0.25, 0.3) is 0 Å². The van der Waals surface area contributed by atoms with Gasteiger partial charge in [-0.3, -0.25) is 4.79 Å². The summed E-state index contributed by atoms with van der Waals surface area (Å²) in [4.78, 5) is 10.8. The van der Waals surface area contributed by atoms with Gasteiger partial charge in [0.2, 0.25) is 0 Å². The molecule has 0 spiro atoms. The standard InChI is InChI=1S/C8H14O2S/c1-3-4-11-8(7(9)10)5-6(8)2/h6H,3-5H2,1-2H3,(H,9,10). The van der Waals surface area contributed by atoms with Gasteiger partial charge >= 0.3 is 5.97 Å². The van der Waals surface area contributed by atoms with Gasteiger partial charge in [0.1, 0.15) is 4.75 Å². The Balaban J connectivity index is 2.44. The highest BCUT2D eigenvalue weighted by Crippen LogP contribution is 2.54. The summed E-state index contributed by atoms with van der Waals surface area (Å²) in [6.07, 6.45) is 1.92. The van der Waals surface area contributed by atoms with Crippen LogP contribution < -0.4 is 0 Å². The molecular weight excluding hydrogens is 160 g/mol. The minimum absolute atomic E-state index is 0.372. The number of carboxylic acids is 1. The van der Waals surface area contributed by atoms with E-state index < -0.39 is 10.7 Å². The van der Waals surface area contributed by atoms with Crippen molar-refractivity contribution in [1.82, 2.24) is 0 Å². The fraction of sp³-hybridized carbons (Fsp3) is 0.875. The van der Waals surface area contributed by atoms with Crippen molar-refractivity contribution in [2.24, 2.45) is 5.92 Å². The number of thioether (sulfide) groups is 1. The van der Waals surface area contributed by atoms with E-state index in [0.29, 0.717) is 5.92 Å². The maximum absolute atomic E-state index is 10.8. The smallest absolute Gasteiger partial charge is 0.320 e. The van der Waals surface area contributed by atoms with Crippen molar-refractivity contribution in [2.75, 3.05) is 5.75 Å². The molecule has 1 saturated carbocycles. The third-order valence-corrected chi connectivity index (χ3v) is 4.04. The molecule has 0 aliphatic heterocycles. The van der Waals surface area contributed by atoms with Crippen molar-refractivity contribution in [3.05, 3.63) is 0 Å². The van der Waals surface area contributed by atoms with Crippen LogP contribution in [-0.4, -0.2) is 21.6 Å². The van der Waals surface area contributed by atoms with Gasteiger partial charge in [-0.25, -0.2) is 0 Å². The number of carbonyl (C=O) groups is 1. The summed E-state index contributed by atoms with van der Waals surface area (Å²) < 4.78 is -0.407. The molecule has 0 aromatic heterocycles. The van der Waals surface area contributed by atoms with Gasteiger partial charge in [0.15, 0.2) is 0 Å². The normalized spacial score (nSPS) is 35.3. The molecule has 2 unspecified atom stereocenters. The Labute approximate surface area is 71.4 Å². The highest BCUT2D eigenvalue weighted by molar-refractivity contribution is 8.01. The molecule has 0 aromatic rings. The maximum atomic E-state index is 10.8. The summed E-state index contributed by atoms with van der Waals surface area (Å²) in [5, 5.41) is 8.88. The molecule has 2 nitrogen and oxygen atoms in total. The Morgan fingerprint density at radius 2 is 2.36 bits per heavy atom. The van der Waals surface area contributed by atoms with Gasteiger partial charge in [0.25, 0.3) is 0 Å². The van der Waals surface area contributed by atoms with Crippen molar-refractivity contribution >= 4 is 17.7 Å². The van der Waals surface area contributed by atoms with Crippen LogP contribution in [0.15, 0.2) is 0 Å². The zero-order chi connectivity index (χ0) is 8.48. The molecule has 1 aliphatic rings. The molecule has 0 aromatic carbocycles. The average Bonchev–Trinajstić information content (AvgIpc) is 2.59. The third kappa shape index (κ3) is 1.53. The predicted molar refractivity (Wildman–Crippen MR) is 46.9 cm³/mol. The summed E-state index contributed by atoms with van der Waals surface area (Å²) in [6, 6.07) is 0. The minimum Gasteiger partial charge on any atom is -0.480 e. The Morgan fingerprint density at radius 1 is 1.82 bits per heavy atom. The van der Waals surface area contributed by atoms with Gasteiger partial charge in [0.05, 0.1) is 0 Å². The molecule has 1 rings (SSSR count). The molecule has 0 bridgehead atoms. The molecule has 0 amide bonds. The first-order valence-corrected chi connectivity index (χ1v) is 4.99. The lowest BCUT2D eigenvalue weighted by molar-refractivity contribution is -0.137. The highest BCUT2D eigenvalue weighted by Gasteiger charge is 2.58. The Bertz CT molecular complexity index is 169. The van der Waals surface area contributed by atoms with E-state index in [0.717, 1.165) is 18.6 Å². The van der Waals surface area contributed by atoms with Crippen LogP contribution >= 0.6 is 11.8 Å². The first kappa shape index (κ1) is 8.91. The second kappa shape index (κ2) is 3.05. The largest absolute Gasteiger partial charge is 0.480 e. The van der Waals surface area contributed by atoms with Crippen molar-refractivity contribution in [3.8, 4) is 0 Å². The molecular formula is C8H14O2S. The SMILES string of the molecule is CCCSC1(C(=O)O)CC1C. The van der Waals surface area contributed by atoms with E-state index in [1.165, 1.54) is 0 Å². The van der Waals surface area contributed by atoms with Crippen molar-refractivity contribution < 1.29 is 9.90 Å². The first-order chi connectivity index (χ1) is 5.13. The van der Waals surface area contributed by atoms with Gasteiger partial charge in [-0.2, -0.15) is 0 Å². The molecule has 0 heterocycles. The third-order valence-electron chi connectivity index (χ3n) is 2.17. The molecule has 1 aliphatic carbocycles. The molecule has 2 atom stereocenters. The van der Waals surface area contributed by atoms with E-state index in [9.17, 15) is 4.79 Å². The summed E-state index contributed by atoms with van der Waals surface area (Å²) >= 11 is 1.61. The zero-order valence-electron chi connectivity index (χ0n) is 6.96. The van der Waals surface area contributed by atoms with Crippen LogP contribution in [0.5, 0.6) is 0 Å². The predicted octanol–water partition coefficient (Wildman–Crippen LogP) is 1.99. The van der Waals surface area contributed by atoms with Crippen molar-refractivity contribution in [2.45, 2.75) is 31.4 Å². The summed E-state index contributed by atoms with van der Waals surface area (Å²) in [7, 11) is 0. The van der Waals surface area contributed by atoms with Crippen molar-refractivity contribution in [1.29, 1.82) is 0 Å². The molecule has 3 heteroatoms. The summed E-state index contributed by atoms with van der Waals surface area (Å²) in [6.45, 7) is 4.09. The second-order valence-corrected chi connectivity index (χ2v) is 4.57. The maximum Gasteiger partial charge on any atom is 0.320 e. The molecule has 1 N–H and O–H groups in total. The van der Waals surface area contributed by atoms with E-state index in [1.54, 1.807) is 11.8 Å². The van der Waals surface area contributed by atoms with Gasteiger partial charge in [0, 0.05) is 0 Å². The van der Waals surface area contributed by atoms with E-state index >= 15 is 0 Å². The number of hydrogen-bond acceptors (Lipinski definition) is 2. The topological polar surface area (TPSA) is 37.3 Å². The van der Waals surface area contributed by atoms with Crippen molar-refractivity contribution in [3.63, 3.8) is 0 Å². The number of hydrogen-bond donors (Lipinski definition) is 1. The zero-order valence-corrected chi connectivity index (χ0v) is 7.78. The van der Waals surface area contributed by atoms with Crippen LogP contribution in [0.3, 0.4) is 0 Å². The fourth-order valence-corrected chi connectivity index (χ4v) is 2.59. The van der Waals surface area contributed by atoms with Gasteiger partial charge < -0.3 is 5.11 Å². The van der Waals surface area contributed by atoms with E-state index in [1.807, 2.05) is 6.92 Å². The number of rotatable bonds is 4. The lowest BCUT2D eigenvalue weighted by Gasteiger charge is -2.08. The minimum atomic E-state index is -0.622. The lowest BCUT2D eigenvalue weighted by Crippen LogP contribution is -2.20. The van der Waals surface area contributed by atoms with Gasteiger partial charge in [-0.15, -0.1) is 11.8 Å². The first-order valence-electron chi connectivity index (χ1n) is 4.01. The Kier molecular flexibility index (Phi) is 2.47. The van der Waals surface area contributed by atoms with E-state index in [-0.39, 0.29) is 0 Å². The second-order valence-electron chi connectivity index (χ2n) is 3.15. The lowest BCUT2D eigenvalue weighted by atomic mass is 10.3. The average molecular weight is 174 g/mol. The molecule has 1 fully saturated rings. The van der Waals surface area contributed by atoms with Crippen LogP contribution in [-0.2, 0) is 4.79 Å². The van der Waals surface area contributed by atoms with Crippen LogP contribution in [0.4, 0.5) is 0 Å². The monoisotopic (exact) mass is 174 g/mol. The Morgan fingerprint density at radius 3 is 2.64 bits per heavy atom. The van der Waals surface area contributed by atoms with Gasteiger partial charge in [-0.1, -0.05) is 13.8 Å². The quantitative estimate of drug-likeness (QED) is 0.708. The summed E-state index contributed by atoms with van der Waals surface area (Å²) in [5.74, 6) is 0.719. The van der Waals surface area contributed by atoms with Crippen LogP contribution in [0, 0.1) is 5.92 Å². The van der Waals surface area contributed by atoms with Crippen LogP contribution in [0.1, 0.15) is 26.7 Å². The van der Waals surface area contributed by atoms with E-state index in [2.05, 4.69) is 6.92 Å².